The highest BCUT2D eigenvalue weighted by Gasteiger charge is 2.31. The fourth-order valence-corrected chi connectivity index (χ4v) is 4.79. The number of alkyl halides is 3. The molecular weight excluding hydrogens is 453 g/mol. The molecule has 0 spiro atoms. The lowest BCUT2D eigenvalue weighted by Crippen LogP contribution is -2.32. The summed E-state index contributed by atoms with van der Waals surface area (Å²) in [4.78, 5) is 4.00. The van der Waals surface area contributed by atoms with E-state index in [1.165, 1.54) is 17.7 Å². The van der Waals surface area contributed by atoms with Gasteiger partial charge >= 0.3 is 6.18 Å². The number of anilines is 2. The molecule has 0 aromatic heterocycles. The number of fused-ring (bicyclic) bond motifs is 4. The van der Waals surface area contributed by atoms with Crippen molar-refractivity contribution in [3.8, 4) is 11.5 Å². The molecule has 4 aromatic carbocycles. The van der Waals surface area contributed by atoms with Gasteiger partial charge in [-0.15, -0.1) is 0 Å². The van der Waals surface area contributed by atoms with Gasteiger partial charge in [0, 0.05) is 41.0 Å². The number of ether oxygens (including phenoxy) is 2. The molecule has 7 heteroatoms. The number of hydrogen-bond acceptors (Lipinski definition) is 4. The van der Waals surface area contributed by atoms with E-state index in [0.29, 0.717) is 19.0 Å². The molecule has 4 nitrogen and oxygen atoms in total. The van der Waals surface area contributed by atoms with Crippen LogP contribution in [0.25, 0.3) is 10.8 Å². The molecule has 0 aliphatic carbocycles. The van der Waals surface area contributed by atoms with Crippen molar-refractivity contribution in [1.29, 1.82) is 0 Å². The molecule has 35 heavy (non-hydrogen) atoms. The second-order valence-electron chi connectivity index (χ2n) is 9.06. The quantitative estimate of drug-likeness (QED) is 0.315. The zero-order valence-corrected chi connectivity index (χ0v) is 19.1. The molecule has 0 unspecified atom stereocenters. The number of hydrogen-bond donors (Lipinski definition) is 0. The first-order valence-electron chi connectivity index (χ1n) is 11.4. The van der Waals surface area contributed by atoms with Crippen LogP contribution in [0, 0.1) is 6.92 Å². The Labute approximate surface area is 201 Å². The summed E-state index contributed by atoms with van der Waals surface area (Å²) in [5.41, 5.74) is 4.14. The van der Waals surface area contributed by atoms with E-state index in [0.717, 1.165) is 51.7 Å². The Morgan fingerprint density at radius 3 is 2.23 bits per heavy atom. The number of aryl methyl sites for hydroxylation is 1. The van der Waals surface area contributed by atoms with Gasteiger partial charge in [0.05, 0.1) is 5.56 Å². The average molecular weight is 476 g/mol. The first-order chi connectivity index (χ1) is 16.8. The van der Waals surface area contributed by atoms with E-state index < -0.39 is 11.7 Å². The van der Waals surface area contributed by atoms with Gasteiger partial charge in [0.25, 0.3) is 0 Å². The van der Waals surface area contributed by atoms with Gasteiger partial charge < -0.3 is 19.3 Å². The summed E-state index contributed by atoms with van der Waals surface area (Å²) in [6.45, 7) is 3.89. The molecular formula is C28H23F3N2O2. The van der Waals surface area contributed by atoms with E-state index >= 15 is 0 Å². The van der Waals surface area contributed by atoms with Crippen molar-refractivity contribution in [1.82, 2.24) is 0 Å². The molecule has 2 aliphatic rings. The van der Waals surface area contributed by atoms with Crippen molar-refractivity contribution in [2.24, 2.45) is 0 Å². The summed E-state index contributed by atoms with van der Waals surface area (Å²) in [7, 11) is 0. The van der Waals surface area contributed by atoms with Crippen molar-refractivity contribution >= 4 is 22.1 Å². The third-order valence-electron chi connectivity index (χ3n) is 6.60. The molecule has 2 aliphatic heterocycles. The summed E-state index contributed by atoms with van der Waals surface area (Å²) in [6, 6.07) is 21.9. The molecule has 4 aromatic rings. The summed E-state index contributed by atoms with van der Waals surface area (Å²) >= 11 is 0. The predicted octanol–water partition coefficient (Wildman–Crippen LogP) is 6.88. The van der Waals surface area contributed by atoms with Crippen LogP contribution in [0.4, 0.5) is 24.5 Å². The Bertz CT molecular complexity index is 1430. The summed E-state index contributed by atoms with van der Waals surface area (Å²) < 4.78 is 51.8. The van der Waals surface area contributed by atoms with Crippen LogP contribution < -0.4 is 19.3 Å². The Morgan fingerprint density at radius 1 is 0.743 bits per heavy atom. The minimum Gasteiger partial charge on any atom is -0.473 e. The van der Waals surface area contributed by atoms with E-state index in [2.05, 4.69) is 42.2 Å². The molecule has 0 bridgehead atoms. The second-order valence-corrected chi connectivity index (χ2v) is 9.06. The van der Waals surface area contributed by atoms with E-state index in [4.69, 9.17) is 9.47 Å². The van der Waals surface area contributed by atoms with Gasteiger partial charge in [-0.2, -0.15) is 13.2 Å². The SMILES string of the molecule is Cc1cccc(N2COc3c(ccc4cc5c(cc34)CN(c3cccc(C(F)(F)F)c3)CO5)C2)c1. The maximum atomic E-state index is 13.2. The summed E-state index contributed by atoms with van der Waals surface area (Å²) in [5.74, 6) is 1.60. The van der Waals surface area contributed by atoms with Crippen molar-refractivity contribution in [2.75, 3.05) is 23.3 Å². The molecule has 2 heterocycles. The Hall–Kier alpha value is -3.87. The topological polar surface area (TPSA) is 24.9 Å². The molecule has 178 valence electrons. The lowest BCUT2D eigenvalue weighted by Gasteiger charge is -2.33. The van der Waals surface area contributed by atoms with Crippen molar-refractivity contribution in [3.63, 3.8) is 0 Å². The first-order valence-corrected chi connectivity index (χ1v) is 11.4. The Morgan fingerprint density at radius 2 is 1.46 bits per heavy atom. The lowest BCUT2D eigenvalue weighted by molar-refractivity contribution is -0.137. The van der Waals surface area contributed by atoms with E-state index in [-0.39, 0.29) is 6.73 Å². The van der Waals surface area contributed by atoms with Crippen LogP contribution in [0.15, 0.2) is 72.8 Å². The van der Waals surface area contributed by atoms with Gasteiger partial charge in [-0.25, -0.2) is 0 Å². The molecule has 0 radical (unpaired) electrons. The predicted molar refractivity (Wildman–Crippen MR) is 130 cm³/mol. The highest BCUT2D eigenvalue weighted by molar-refractivity contribution is 5.92. The fourth-order valence-electron chi connectivity index (χ4n) is 4.79. The largest absolute Gasteiger partial charge is 0.473 e. The van der Waals surface area contributed by atoms with Gasteiger partial charge in [-0.05, 0) is 60.3 Å². The summed E-state index contributed by atoms with van der Waals surface area (Å²) in [6.07, 6.45) is -4.39. The molecule has 0 amide bonds. The third kappa shape index (κ3) is 4.01. The highest BCUT2D eigenvalue weighted by atomic mass is 19.4. The molecule has 0 N–H and O–H groups in total. The van der Waals surface area contributed by atoms with Crippen LogP contribution in [-0.2, 0) is 19.3 Å². The minimum absolute atomic E-state index is 0.187. The molecule has 0 saturated heterocycles. The minimum atomic E-state index is -4.39. The smallest absolute Gasteiger partial charge is 0.416 e. The van der Waals surface area contributed by atoms with Crippen LogP contribution in [-0.4, -0.2) is 13.5 Å². The monoisotopic (exact) mass is 476 g/mol. The van der Waals surface area contributed by atoms with Crippen LogP contribution in [0.3, 0.4) is 0 Å². The molecule has 0 saturated carbocycles. The normalized spacial score (nSPS) is 15.3. The van der Waals surface area contributed by atoms with E-state index in [9.17, 15) is 13.2 Å². The average Bonchev–Trinajstić information content (AvgIpc) is 2.86. The highest BCUT2D eigenvalue weighted by Crippen LogP contribution is 2.40. The number of halogens is 3. The third-order valence-corrected chi connectivity index (χ3v) is 6.60. The van der Waals surface area contributed by atoms with Crippen molar-refractivity contribution < 1.29 is 22.6 Å². The van der Waals surface area contributed by atoms with Crippen LogP contribution in [0.2, 0.25) is 0 Å². The van der Waals surface area contributed by atoms with Gasteiger partial charge in [-0.3, -0.25) is 0 Å². The summed E-state index contributed by atoms with van der Waals surface area (Å²) in [5, 5.41) is 2.00. The van der Waals surface area contributed by atoms with Crippen LogP contribution in [0.1, 0.15) is 22.3 Å². The fraction of sp³-hybridized carbons (Fsp3) is 0.214. The standard InChI is InChI=1S/C28H23F3N2O2/c1-18-4-2-6-23(10-18)32-14-20-9-8-19-12-26-21(11-25(19)27(20)35-17-32)15-33(16-34-26)24-7-3-5-22(13-24)28(29,30)31/h2-13H,14-17H2,1H3. The zero-order chi connectivity index (χ0) is 24.2. The van der Waals surface area contributed by atoms with Crippen molar-refractivity contribution in [3.05, 3.63) is 95.1 Å². The molecule has 6 rings (SSSR count). The van der Waals surface area contributed by atoms with Gasteiger partial charge in [0.2, 0.25) is 0 Å². The first kappa shape index (κ1) is 21.6. The Kier molecular flexibility index (Phi) is 5.02. The van der Waals surface area contributed by atoms with E-state index in [1.807, 2.05) is 18.2 Å². The molecule has 0 atom stereocenters. The number of benzene rings is 4. The zero-order valence-electron chi connectivity index (χ0n) is 19.1. The maximum absolute atomic E-state index is 13.2. The lowest BCUT2D eigenvalue weighted by atomic mass is 9.99. The second kappa shape index (κ2) is 8.12. The number of rotatable bonds is 2. The van der Waals surface area contributed by atoms with Crippen molar-refractivity contribution in [2.45, 2.75) is 26.2 Å². The van der Waals surface area contributed by atoms with Gasteiger partial charge in [0.15, 0.2) is 13.5 Å². The molecule has 0 fully saturated rings. The maximum Gasteiger partial charge on any atom is 0.416 e. The van der Waals surface area contributed by atoms with E-state index in [1.54, 1.807) is 11.0 Å². The van der Waals surface area contributed by atoms with Gasteiger partial charge in [-0.1, -0.05) is 30.3 Å². The van der Waals surface area contributed by atoms with Crippen LogP contribution in [0.5, 0.6) is 11.5 Å². The van der Waals surface area contributed by atoms with Gasteiger partial charge in [0.1, 0.15) is 11.5 Å². The Balaban J connectivity index is 1.32. The number of nitrogens with zero attached hydrogens (tertiary/aromatic N) is 2. The van der Waals surface area contributed by atoms with Crippen LogP contribution >= 0.6 is 0 Å².